The molecule has 2 amide bonds. The van der Waals surface area contributed by atoms with Gasteiger partial charge in [0.2, 0.25) is 11.8 Å². The molecule has 3 N–H and O–H groups in total. The van der Waals surface area contributed by atoms with Crippen molar-refractivity contribution in [2.24, 2.45) is 5.73 Å². The van der Waals surface area contributed by atoms with Crippen molar-refractivity contribution in [1.29, 1.82) is 0 Å². The Labute approximate surface area is 213 Å². The van der Waals surface area contributed by atoms with Crippen LogP contribution >= 0.6 is 0 Å². The summed E-state index contributed by atoms with van der Waals surface area (Å²) in [6.07, 6.45) is 11.7. The Morgan fingerprint density at radius 3 is 2.20 bits per heavy atom. The van der Waals surface area contributed by atoms with Gasteiger partial charge in [-0.15, -0.1) is 0 Å². The first kappa shape index (κ1) is 34.7. The third-order valence-electron chi connectivity index (χ3n) is 5.58. The van der Waals surface area contributed by atoms with Crippen LogP contribution in [0.2, 0.25) is 0 Å². The molecule has 0 spiro atoms. The number of nitrogens with zero attached hydrogens (tertiary/aromatic N) is 1. The van der Waals surface area contributed by atoms with E-state index in [1.165, 1.54) is 45.3 Å². The summed E-state index contributed by atoms with van der Waals surface area (Å²) in [4.78, 5) is 34.1. The van der Waals surface area contributed by atoms with E-state index in [0.717, 1.165) is 32.4 Å². The number of unbranched alkanes of at least 4 members (excludes halogenated alkanes) is 5. The van der Waals surface area contributed by atoms with Crippen molar-refractivity contribution in [3.63, 3.8) is 0 Å². The molecule has 35 heavy (non-hydrogen) atoms. The number of rotatable bonds is 14. The standard InChI is InChI=1S/C11H21NO.C9H14O3.C7H14N2O/c1-3-5-6-7-8-9-10-12-11(13)4-2;1-7(9(10)11-2)6-8-4-3-5-12-8;1-5(7(8)10)6(2)9(3)4/h4H,2-3,5-10H2,1H3,(H,12,13);8H,1,3-6H2,2H3;6H,1H2,2-4H3,(H2,8,10). The van der Waals surface area contributed by atoms with Crippen LogP contribution in [0.1, 0.15) is 71.6 Å². The van der Waals surface area contributed by atoms with Gasteiger partial charge in [0.05, 0.1) is 13.2 Å². The van der Waals surface area contributed by atoms with Crippen LogP contribution in [0.4, 0.5) is 0 Å². The molecule has 0 aromatic carbocycles. The van der Waals surface area contributed by atoms with Gasteiger partial charge in [0.25, 0.3) is 0 Å². The van der Waals surface area contributed by atoms with Gasteiger partial charge in [0.15, 0.2) is 0 Å². The highest BCUT2D eigenvalue weighted by atomic mass is 16.5. The number of amides is 2. The second kappa shape index (κ2) is 22.0. The highest BCUT2D eigenvalue weighted by Crippen LogP contribution is 2.19. The molecule has 0 radical (unpaired) electrons. The zero-order valence-corrected chi connectivity index (χ0v) is 22.7. The first-order valence-electron chi connectivity index (χ1n) is 12.4. The Hall–Kier alpha value is -2.45. The minimum Gasteiger partial charge on any atom is -0.466 e. The Balaban J connectivity index is 0. The van der Waals surface area contributed by atoms with Gasteiger partial charge in [-0.05, 0) is 46.4 Å². The number of hydrogen-bond acceptors (Lipinski definition) is 6. The Morgan fingerprint density at radius 1 is 1.17 bits per heavy atom. The fraction of sp³-hybridized carbons (Fsp3) is 0.667. The van der Waals surface area contributed by atoms with E-state index in [4.69, 9.17) is 10.5 Å². The van der Waals surface area contributed by atoms with E-state index >= 15 is 0 Å². The SMILES string of the molecule is C=C(C(N)=O)C(C)N(C)C.C=C(CC1CCCO1)C(=O)OC.C=CC(=O)NCCCCCCCC. The number of nitrogens with one attached hydrogen (secondary N) is 1. The fourth-order valence-electron chi connectivity index (χ4n) is 3.01. The van der Waals surface area contributed by atoms with Crippen molar-refractivity contribution in [1.82, 2.24) is 10.2 Å². The van der Waals surface area contributed by atoms with Crippen LogP contribution in [0.15, 0.2) is 37.0 Å². The number of methoxy groups -OCH3 is 1. The van der Waals surface area contributed by atoms with Gasteiger partial charge >= 0.3 is 5.97 Å². The number of nitrogens with two attached hydrogens (primary N) is 1. The van der Waals surface area contributed by atoms with Gasteiger partial charge < -0.3 is 25.4 Å². The van der Waals surface area contributed by atoms with E-state index in [1.54, 1.807) is 0 Å². The minimum absolute atomic E-state index is 0.0255. The molecule has 1 saturated heterocycles. The number of likely N-dealkylation sites (N-methyl/N-ethyl adjacent to an activating group) is 1. The van der Waals surface area contributed by atoms with Gasteiger partial charge in [-0.25, -0.2) is 4.79 Å². The molecule has 1 aliphatic rings. The summed E-state index contributed by atoms with van der Waals surface area (Å²) in [5.41, 5.74) is 5.96. The molecule has 0 aromatic rings. The van der Waals surface area contributed by atoms with E-state index in [-0.39, 0.29) is 24.0 Å². The molecule has 1 aliphatic heterocycles. The van der Waals surface area contributed by atoms with Gasteiger partial charge in [-0.3, -0.25) is 9.59 Å². The summed E-state index contributed by atoms with van der Waals surface area (Å²) in [5.74, 6) is -0.819. The molecule has 0 saturated carbocycles. The first-order chi connectivity index (χ1) is 16.5. The Kier molecular flexibility index (Phi) is 21.9. The van der Waals surface area contributed by atoms with Gasteiger partial charge in [-0.1, -0.05) is 58.8 Å². The molecule has 202 valence electrons. The molecule has 0 bridgehead atoms. The largest absolute Gasteiger partial charge is 0.466 e. The summed E-state index contributed by atoms with van der Waals surface area (Å²) in [6, 6.07) is 0.0255. The summed E-state index contributed by atoms with van der Waals surface area (Å²) in [5, 5.41) is 2.77. The number of primary amides is 1. The Bertz CT molecular complexity index is 655. The van der Waals surface area contributed by atoms with Gasteiger partial charge in [0.1, 0.15) is 0 Å². The number of ether oxygens (including phenoxy) is 2. The molecule has 8 nitrogen and oxygen atoms in total. The van der Waals surface area contributed by atoms with E-state index in [0.29, 0.717) is 17.6 Å². The first-order valence-corrected chi connectivity index (χ1v) is 12.4. The van der Waals surface area contributed by atoms with Crippen molar-refractivity contribution < 1.29 is 23.9 Å². The predicted molar refractivity (Wildman–Crippen MR) is 143 cm³/mol. The van der Waals surface area contributed by atoms with E-state index in [9.17, 15) is 14.4 Å². The van der Waals surface area contributed by atoms with Crippen LogP contribution in [0.3, 0.4) is 0 Å². The third kappa shape index (κ3) is 19.5. The minimum atomic E-state index is -0.429. The average molecular weight is 496 g/mol. The molecule has 2 atom stereocenters. The third-order valence-corrected chi connectivity index (χ3v) is 5.58. The van der Waals surface area contributed by atoms with E-state index in [2.05, 4.69) is 36.7 Å². The monoisotopic (exact) mass is 495 g/mol. The number of carbonyl (C=O) groups excluding carboxylic acids is 3. The Morgan fingerprint density at radius 2 is 1.77 bits per heavy atom. The highest BCUT2D eigenvalue weighted by molar-refractivity contribution is 5.92. The molecule has 1 fully saturated rings. The van der Waals surface area contributed by atoms with Crippen molar-refractivity contribution in [3.05, 3.63) is 37.0 Å². The lowest BCUT2D eigenvalue weighted by molar-refractivity contribution is -0.136. The number of carbonyl (C=O) groups is 3. The topological polar surface area (TPSA) is 111 Å². The lowest BCUT2D eigenvalue weighted by Crippen LogP contribution is -2.32. The van der Waals surface area contributed by atoms with Crippen molar-refractivity contribution in [2.45, 2.75) is 83.8 Å². The lowest BCUT2D eigenvalue weighted by Gasteiger charge is -2.19. The number of hydrogen-bond donors (Lipinski definition) is 2. The quantitative estimate of drug-likeness (QED) is 0.215. The van der Waals surface area contributed by atoms with E-state index < -0.39 is 5.91 Å². The van der Waals surface area contributed by atoms with Crippen LogP contribution < -0.4 is 11.1 Å². The second-order valence-electron chi connectivity index (χ2n) is 8.73. The molecule has 1 rings (SSSR count). The van der Waals surface area contributed by atoms with Crippen LogP contribution in [0, 0.1) is 0 Å². The van der Waals surface area contributed by atoms with Crippen molar-refractivity contribution in [3.8, 4) is 0 Å². The van der Waals surface area contributed by atoms with Crippen LogP contribution in [-0.4, -0.2) is 69.2 Å². The lowest BCUT2D eigenvalue weighted by atomic mass is 10.1. The molecule has 1 heterocycles. The van der Waals surface area contributed by atoms with Crippen LogP contribution in [0.5, 0.6) is 0 Å². The number of esters is 1. The summed E-state index contributed by atoms with van der Waals surface area (Å²) in [6.45, 7) is 16.3. The highest BCUT2D eigenvalue weighted by Gasteiger charge is 2.19. The van der Waals surface area contributed by atoms with Gasteiger partial charge in [0, 0.05) is 36.8 Å². The van der Waals surface area contributed by atoms with Crippen LogP contribution in [0.25, 0.3) is 0 Å². The average Bonchev–Trinajstić information content (AvgIpc) is 3.35. The molecule has 0 aliphatic carbocycles. The van der Waals surface area contributed by atoms with Crippen LogP contribution in [-0.2, 0) is 23.9 Å². The predicted octanol–water partition coefficient (Wildman–Crippen LogP) is 3.91. The molecule has 2 unspecified atom stereocenters. The smallest absolute Gasteiger partial charge is 0.333 e. The maximum Gasteiger partial charge on any atom is 0.333 e. The summed E-state index contributed by atoms with van der Waals surface area (Å²) < 4.78 is 9.88. The van der Waals surface area contributed by atoms with E-state index in [1.807, 2.05) is 25.9 Å². The molecule has 0 aromatic heterocycles. The van der Waals surface area contributed by atoms with Crippen molar-refractivity contribution in [2.75, 3.05) is 34.4 Å². The summed E-state index contributed by atoms with van der Waals surface area (Å²) >= 11 is 0. The normalized spacial score (nSPS) is 15.0. The fourth-order valence-corrected chi connectivity index (χ4v) is 3.01. The molecular formula is C27H49N3O5. The van der Waals surface area contributed by atoms with Crippen molar-refractivity contribution >= 4 is 17.8 Å². The zero-order chi connectivity index (χ0) is 27.2. The molecule has 8 heteroatoms. The zero-order valence-electron chi connectivity index (χ0n) is 22.7. The summed E-state index contributed by atoms with van der Waals surface area (Å²) in [7, 11) is 5.11. The second-order valence-corrected chi connectivity index (χ2v) is 8.73. The maximum absolute atomic E-state index is 10.9. The van der Waals surface area contributed by atoms with Gasteiger partial charge in [-0.2, -0.15) is 0 Å². The maximum atomic E-state index is 10.9. The molecular weight excluding hydrogens is 446 g/mol.